The van der Waals surface area contributed by atoms with Crippen LogP contribution in [0.5, 0.6) is 0 Å². The van der Waals surface area contributed by atoms with E-state index in [0.717, 1.165) is 29.8 Å². The first-order chi connectivity index (χ1) is 18.4. The number of carbonyl (C=O) groups excluding carboxylic acids is 2. The third-order valence-corrected chi connectivity index (χ3v) is 6.78. The minimum absolute atomic E-state index is 0.0274. The molecule has 1 saturated heterocycles. The molecule has 0 saturated carbocycles. The number of hydrogen-bond donors (Lipinski definition) is 3. The highest BCUT2D eigenvalue weighted by atomic mass is 16.2. The van der Waals surface area contributed by atoms with Crippen LogP contribution >= 0.6 is 0 Å². The Morgan fingerprint density at radius 3 is 2.84 bits per heavy atom. The van der Waals surface area contributed by atoms with E-state index < -0.39 is 0 Å². The van der Waals surface area contributed by atoms with Crippen LogP contribution in [0.2, 0.25) is 0 Å². The molecule has 0 radical (unpaired) electrons. The van der Waals surface area contributed by atoms with Crippen molar-refractivity contribution in [1.29, 1.82) is 5.26 Å². The molecule has 4 heterocycles. The number of likely N-dealkylation sites (tertiary alicyclic amines) is 1. The molecule has 0 aliphatic carbocycles. The van der Waals surface area contributed by atoms with Crippen molar-refractivity contribution in [3.63, 3.8) is 0 Å². The lowest BCUT2D eigenvalue weighted by Crippen LogP contribution is -2.53. The van der Waals surface area contributed by atoms with E-state index in [1.165, 1.54) is 12.3 Å². The molecule has 11 heteroatoms. The highest BCUT2D eigenvalue weighted by Crippen LogP contribution is 2.37. The Kier molecular flexibility index (Phi) is 6.83. The molecule has 5 rings (SSSR count). The topological polar surface area (TPSA) is 149 Å². The number of benzene rings is 1. The Morgan fingerprint density at radius 1 is 1.26 bits per heavy atom. The van der Waals surface area contributed by atoms with Gasteiger partial charge in [-0.05, 0) is 56.2 Å². The van der Waals surface area contributed by atoms with Gasteiger partial charge in [-0.15, -0.1) is 4.59 Å². The van der Waals surface area contributed by atoms with Crippen molar-refractivity contribution >= 4 is 29.8 Å². The standard InChI is InChI=1S/C27H27N9O2/c1-2-31-27(38)35-12-3-4-21(17-35)24-22-16-30-11-13-36(22,29)25(34-24)19-5-7-20(8-6-19)26(37)33-23-14-18(15-28)9-10-32-23/h5-11,13-14,16,21H,2-4,12,17,29H2,1H3,(H-,31,32,33,37,38)/p+1/t21-,36?/m1/s1. The lowest BCUT2D eigenvalue weighted by atomic mass is 9.94. The summed E-state index contributed by atoms with van der Waals surface area (Å²) in [5.41, 5.74) is 3.20. The van der Waals surface area contributed by atoms with E-state index in [1.54, 1.807) is 36.8 Å². The van der Waals surface area contributed by atoms with Gasteiger partial charge in [0.15, 0.2) is 0 Å². The number of piperidine rings is 1. The van der Waals surface area contributed by atoms with Crippen molar-refractivity contribution in [3.05, 3.63) is 83.1 Å². The molecule has 1 aromatic heterocycles. The summed E-state index contributed by atoms with van der Waals surface area (Å²) in [4.78, 5) is 40.5. The van der Waals surface area contributed by atoms with E-state index in [0.29, 0.717) is 42.4 Å². The number of amidine groups is 1. The highest BCUT2D eigenvalue weighted by Gasteiger charge is 2.46. The number of hydrogen-bond acceptors (Lipinski definition) is 7. The summed E-state index contributed by atoms with van der Waals surface area (Å²) in [5.74, 6) is 7.47. The van der Waals surface area contributed by atoms with Crippen molar-refractivity contribution in [2.75, 3.05) is 25.0 Å². The maximum absolute atomic E-state index is 12.8. The number of allylic oxidation sites excluding steroid dienone is 1. The summed E-state index contributed by atoms with van der Waals surface area (Å²) in [6.45, 7) is 3.74. The van der Waals surface area contributed by atoms with Crippen LogP contribution < -0.4 is 16.5 Å². The van der Waals surface area contributed by atoms with Crippen molar-refractivity contribution < 1.29 is 14.2 Å². The summed E-state index contributed by atoms with van der Waals surface area (Å²) < 4.78 is -0.132. The average molecular weight is 511 g/mol. The third kappa shape index (κ3) is 4.70. The molecular formula is C27H28N9O2+. The lowest BCUT2D eigenvalue weighted by molar-refractivity contribution is -0.750. The maximum atomic E-state index is 12.8. The number of pyridine rings is 1. The second-order valence-electron chi connectivity index (χ2n) is 9.25. The summed E-state index contributed by atoms with van der Waals surface area (Å²) in [6.07, 6.45) is 8.40. The van der Waals surface area contributed by atoms with E-state index >= 15 is 0 Å². The fourth-order valence-corrected chi connectivity index (χ4v) is 4.88. The van der Waals surface area contributed by atoms with E-state index in [4.69, 9.17) is 16.1 Å². The van der Waals surface area contributed by atoms with Gasteiger partial charge in [0.25, 0.3) is 11.7 Å². The van der Waals surface area contributed by atoms with Gasteiger partial charge in [-0.1, -0.05) is 0 Å². The van der Waals surface area contributed by atoms with Crippen molar-refractivity contribution in [3.8, 4) is 6.07 Å². The fraction of sp³-hybridized carbons (Fsp3) is 0.259. The molecule has 2 atom stereocenters. The number of amides is 3. The minimum atomic E-state index is -0.346. The monoisotopic (exact) mass is 510 g/mol. The Labute approximate surface area is 220 Å². The Bertz CT molecular complexity index is 1440. The normalized spacial score (nSPS) is 22.0. The zero-order valence-corrected chi connectivity index (χ0v) is 21.0. The number of nitrogens with two attached hydrogens (primary N) is 1. The predicted octanol–water partition coefficient (Wildman–Crippen LogP) is 2.86. The number of fused-ring (bicyclic) bond motifs is 1. The van der Waals surface area contributed by atoms with Crippen LogP contribution in [0.4, 0.5) is 10.6 Å². The SMILES string of the molecule is CCNC(=O)N1CCC[C@@H](C2=C3C=NC=C[N+]3(N)C(c3ccc(C(=O)Nc4cc(C#N)ccn4)cc3)=N2)C1. The van der Waals surface area contributed by atoms with Gasteiger partial charge in [0, 0.05) is 37.3 Å². The molecule has 0 bridgehead atoms. The van der Waals surface area contributed by atoms with Gasteiger partial charge >= 0.3 is 6.03 Å². The van der Waals surface area contributed by atoms with Gasteiger partial charge in [0.2, 0.25) is 5.70 Å². The molecule has 3 amide bonds. The van der Waals surface area contributed by atoms with E-state index in [2.05, 4.69) is 20.6 Å². The number of nitrogens with zero attached hydrogens (tertiary/aromatic N) is 6. The smallest absolute Gasteiger partial charge is 0.317 e. The van der Waals surface area contributed by atoms with Crippen molar-refractivity contribution in [2.45, 2.75) is 19.8 Å². The quantitative estimate of drug-likeness (QED) is 0.418. The van der Waals surface area contributed by atoms with Gasteiger partial charge in [-0.3, -0.25) is 9.79 Å². The zero-order valence-electron chi connectivity index (χ0n) is 21.0. The van der Waals surface area contributed by atoms with Crippen molar-refractivity contribution in [2.24, 2.45) is 21.7 Å². The number of nitriles is 1. The molecule has 3 aliphatic rings. The van der Waals surface area contributed by atoms with E-state index in [1.807, 2.05) is 30.0 Å². The molecule has 1 unspecified atom stereocenters. The van der Waals surface area contributed by atoms with Gasteiger partial charge in [-0.2, -0.15) is 16.1 Å². The number of aromatic nitrogens is 1. The molecular weight excluding hydrogens is 482 g/mol. The lowest BCUT2D eigenvalue weighted by Gasteiger charge is -2.32. The van der Waals surface area contributed by atoms with Gasteiger partial charge < -0.3 is 15.5 Å². The molecule has 38 heavy (non-hydrogen) atoms. The highest BCUT2D eigenvalue weighted by molar-refractivity contribution is 6.05. The van der Waals surface area contributed by atoms with E-state index in [-0.39, 0.29) is 22.4 Å². The van der Waals surface area contributed by atoms with Crippen LogP contribution in [-0.4, -0.2) is 58.1 Å². The first-order valence-electron chi connectivity index (χ1n) is 12.5. The molecule has 192 valence electrons. The predicted molar refractivity (Wildman–Crippen MR) is 142 cm³/mol. The summed E-state index contributed by atoms with van der Waals surface area (Å²) >= 11 is 0. The molecule has 11 nitrogen and oxygen atoms in total. The molecule has 1 fully saturated rings. The number of nitrogens with one attached hydrogen (secondary N) is 2. The second-order valence-corrected chi connectivity index (χ2v) is 9.25. The van der Waals surface area contributed by atoms with Gasteiger partial charge in [-0.25, -0.2) is 9.78 Å². The maximum Gasteiger partial charge on any atom is 0.317 e. The summed E-state index contributed by atoms with van der Waals surface area (Å²) in [5, 5.41) is 14.7. The number of rotatable bonds is 5. The molecule has 1 aromatic carbocycles. The summed E-state index contributed by atoms with van der Waals surface area (Å²) in [7, 11) is 0. The van der Waals surface area contributed by atoms with Crippen LogP contribution in [0.3, 0.4) is 0 Å². The van der Waals surface area contributed by atoms with Crippen LogP contribution in [-0.2, 0) is 0 Å². The fourth-order valence-electron chi connectivity index (χ4n) is 4.88. The largest absolute Gasteiger partial charge is 0.338 e. The molecule has 4 N–H and O–H groups in total. The number of carbonyl (C=O) groups is 2. The van der Waals surface area contributed by atoms with Gasteiger partial charge in [0.1, 0.15) is 17.7 Å². The Hall–Kier alpha value is -4.66. The van der Waals surface area contributed by atoms with Crippen LogP contribution in [0.15, 0.2) is 76.4 Å². The number of anilines is 1. The number of urea groups is 1. The average Bonchev–Trinajstić information content (AvgIpc) is 3.26. The summed E-state index contributed by atoms with van der Waals surface area (Å²) in [6, 6.07) is 12.1. The van der Waals surface area contributed by atoms with Crippen molar-refractivity contribution in [1.82, 2.24) is 15.2 Å². The molecule has 0 spiro atoms. The first kappa shape index (κ1) is 25.0. The van der Waals surface area contributed by atoms with Crippen LogP contribution in [0.25, 0.3) is 0 Å². The molecule has 3 aliphatic heterocycles. The Morgan fingerprint density at radius 2 is 2.08 bits per heavy atom. The third-order valence-electron chi connectivity index (χ3n) is 6.78. The van der Waals surface area contributed by atoms with Crippen LogP contribution in [0, 0.1) is 17.2 Å². The van der Waals surface area contributed by atoms with Crippen LogP contribution in [0.1, 0.15) is 41.3 Å². The van der Waals surface area contributed by atoms with Gasteiger partial charge in [0.05, 0.1) is 29.6 Å². The van der Waals surface area contributed by atoms with E-state index in [9.17, 15) is 9.59 Å². The second kappa shape index (κ2) is 10.4. The first-order valence-corrected chi connectivity index (χ1v) is 12.5. The zero-order chi connectivity index (χ0) is 26.7. The number of quaternary nitrogens is 1. The minimum Gasteiger partial charge on any atom is -0.338 e. The Balaban J connectivity index is 1.39. The number of aliphatic imine (C=N–C) groups is 2. The molecule has 2 aromatic rings.